The van der Waals surface area contributed by atoms with Gasteiger partial charge in [-0.2, -0.15) is 5.90 Å². The van der Waals surface area contributed by atoms with E-state index in [9.17, 15) is 4.79 Å². The van der Waals surface area contributed by atoms with Crippen molar-refractivity contribution in [1.82, 2.24) is 0 Å². The van der Waals surface area contributed by atoms with Gasteiger partial charge in [0.15, 0.2) is 5.79 Å². The van der Waals surface area contributed by atoms with Crippen LogP contribution in [-0.2, 0) is 9.63 Å². The molecule has 8 heteroatoms. The molecular formula is C4H12N6O2. The molecule has 0 aromatic rings. The minimum absolute atomic E-state index is 0.391. The van der Waals surface area contributed by atoms with Crippen molar-refractivity contribution in [3.63, 3.8) is 0 Å². The summed E-state index contributed by atoms with van der Waals surface area (Å²) in [7, 11) is 0. The number of nitrogens with two attached hydrogens (primary N) is 6. The Kier molecular flexibility index (Phi) is 2.99. The predicted molar refractivity (Wildman–Crippen MR) is 41.0 cm³/mol. The molecule has 12 N–H and O–H groups in total. The Hall–Kier alpha value is -1.35. The van der Waals surface area contributed by atoms with Gasteiger partial charge in [-0.3, -0.25) is 17.2 Å². The standard InChI is InChI=1S/C4H12N6O2/c5-1(3(11)12-10)2(6)4(7,8)9/h5-10H2/b2-1+. The zero-order valence-electron chi connectivity index (χ0n) is 6.28. The SMILES string of the molecule is NOC(=O)/C(N)=C(\N)C(N)(N)N. The van der Waals surface area contributed by atoms with Crippen LogP contribution in [0.25, 0.3) is 0 Å². The highest BCUT2D eigenvalue weighted by Gasteiger charge is 2.22. The Morgan fingerprint density at radius 2 is 1.58 bits per heavy atom. The van der Waals surface area contributed by atoms with Crippen LogP contribution in [0.15, 0.2) is 11.4 Å². The highest BCUT2D eigenvalue weighted by Crippen LogP contribution is 1.98. The highest BCUT2D eigenvalue weighted by molar-refractivity contribution is 5.88. The number of carbonyl (C=O) groups is 1. The average Bonchev–Trinajstić information content (AvgIpc) is 1.98. The van der Waals surface area contributed by atoms with E-state index >= 15 is 0 Å². The lowest BCUT2D eigenvalue weighted by molar-refractivity contribution is -0.139. The van der Waals surface area contributed by atoms with Crippen LogP contribution in [0, 0.1) is 0 Å². The molecule has 0 heterocycles. The summed E-state index contributed by atoms with van der Waals surface area (Å²) in [5.41, 5.74) is 24.8. The van der Waals surface area contributed by atoms with Crippen LogP contribution in [-0.4, -0.2) is 11.8 Å². The molecule has 0 rings (SSSR count). The van der Waals surface area contributed by atoms with E-state index < -0.39 is 23.2 Å². The molecule has 0 fully saturated rings. The molecular weight excluding hydrogens is 164 g/mol. The lowest BCUT2D eigenvalue weighted by Crippen LogP contribution is -2.62. The summed E-state index contributed by atoms with van der Waals surface area (Å²) in [5.74, 6) is 1.61. The van der Waals surface area contributed by atoms with Crippen LogP contribution >= 0.6 is 0 Å². The molecule has 0 saturated heterocycles. The molecule has 0 unspecified atom stereocenters. The third-order valence-electron chi connectivity index (χ3n) is 1.08. The third kappa shape index (κ3) is 2.36. The van der Waals surface area contributed by atoms with Crippen LogP contribution in [0.1, 0.15) is 0 Å². The van der Waals surface area contributed by atoms with Gasteiger partial charge in [0.1, 0.15) is 5.70 Å². The van der Waals surface area contributed by atoms with Crippen molar-refractivity contribution in [3.8, 4) is 0 Å². The van der Waals surface area contributed by atoms with Crippen molar-refractivity contribution in [2.45, 2.75) is 5.79 Å². The number of hydrogen-bond acceptors (Lipinski definition) is 8. The number of carbonyl (C=O) groups excluding carboxylic acids is 1. The van der Waals surface area contributed by atoms with Gasteiger partial charge in [-0.15, -0.1) is 0 Å². The van der Waals surface area contributed by atoms with Crippen molar-refractivity contribution >= 4 is 5.97 Å². The van der Waals surface area contributed by atoms with Crippen LogP contribution in [0.2, 0.25) is 0 Å². The first-order chi connectivity index (χ1) is 5.30. The first-order valence-electron chi connectivity index (χ1n) is 2.84. The van der Waals surface area contributed by atoms with E-state index in [1.54, 1.807) is 0 Å². The summed E-state index contributed by atoms with van der Waals surface area (Å²) in [6.07, 6.45) is 0. The van der Waals surface area contributed by atoms with Gasteiger partial charge in [0, 0.05) is 0 Å². The molecule has 8 nitrogen and oxygen atoms in total. The molecule has 0 aliphatic heterocycles. The zero-order chi connectivity index (χ0) is 9.94. The first-order valence-corrected chi connectivity index (χ1v) is 2.84. The van der Waals surface area contributed by atoms with Crippen LogP contribution in [0.4, 0.5) is 0 Å². The smallest absolute Gasteiger partial charge is 0.374 e. The van der Waals surface area contributed by atoms with Gasteiger partial charge in [0.05, 0.1) is 5.70 Å². The Morgan fingerprint density at radius 1 is 1.17 bits per heavy atom. The molecule has 70 valence electrons. The second-order valence-electron chi connectivity index (χ2n) is 2.17. The fraction of sp³-hybridized carbons (Fsp3) is 0.250. The minimum Gasteiger partial charge on any atom is -0.396 e. The summed E-state index contributed by atoms with van der Waals surface area (Å²) in [4.78, 5) is 14.4. The fourth-order valence-electron chi connectivity index (χ4n) is 0.407. The van der Waals surface area contributed by atoms with Gasteiger partial charge in [0.25, 0.3) is 0 Å². The van der Waals surface area contributed by atoms with Gasteiger partial charge in [-0.1, -0.05) is 0 Å². The van der Waals surface area contributed by atoms with Gasteiger partial charge in [0.2, 0.25) is 0 Å². The van der Waals surface area contributed by atoms with Crippen molar-refractivity contribution in [1.29, 1.82) is 0 Å². The normalized spacial score (nSPS) is 13.7. The molecule has 0 saturated carbocycles. The molecule has 0 bridgehead atoms. The van der Waals surface area contributed by atoms with Crippen molar-refractivity contribution in [2.24, 2.45) is 34.6 Å². The van der Waals surface area contributed by atoms with Crippen LogP contribution in [0.3, 0.4) is 0 Å². The summed E-state index contributed by atoms with van der Waals surface area (Å²) >= 11 is 0. The molecule has 0 aliphatic carbocycles. The third-order valence-corrected chi connectivity index (χ3v) is 1.08. The molecule has 0 spiro atoms. The Morgan fingerprint density at radius 3 is 1.83 bits per heavy atom. The number of hydrogen-bond donors (Lipinski definition) is 6. The van der Waals surface area contributed by atoms with E-state index in [4.69, 9.17) is 28.7 Å². The van der Waals surface area contributed by atoms with E-state index in [0.29, 0.717) is 0 Å². The Bertz CT molecular complexity index is 216. The van der Waals surface area contributed by atoms with Crippen molar-refractivity contribution in [2.75, 3.05) is 0 Å². The van der Waals surface area contributed by atoms with Crippen molar-refractivity contribution in [3.05, 3.63) is 11.4 Å². The second-order valence-corrected chi connectivity index (χ2v) is 2.17. The molecule has 0 atom stereocenters. The maximum Gasteiger partial charge on any atom is 0.374 e. The van der Waals surface area contributed by atoms with Crippen LogP contribution in [0.5, 0.6) is 0 Å². The molecule has 0 aromatic heterocycles. The molecule has 0 aliphatic rings. The topological polar surface area (TPSA) is 182 Å². The second kappa shape index (κ2) is 3.36. The van der Waals surface area contributed by atoms with Crippen molar-refractivity contribution < 1.29 is 9.63 Å². The molecule has 12 heavy (non-hydrogen) atoms. The zero-order valence-corrected chi connectivity index (χ0v) is 6.28. The van der Waals surface area contributed by atoms with Gasteiger partial charge in [-0.25, -0.2) is 4.79 Å². The monoisotopic (exact) mass is 176 g/mol. The highest BCUT2D eigenvalue weighted by atomic mass is 16.7. The number of rotatable bonds is 2. The Labute approximate surface area is 68.4 Å². The van der Waals surface area contributed by atoms with Gasteiger partial charge < -0.3 is 16.3 Å². The summed E-state index contributed by atoms with van der Waals surface area (Å²) in [6.45, 7) is 0. The minimum atomic E-state index is -1.86. The lowest BCUT2D eigenvalue weighted by atomic mass is 10.2. The lowest BCUT2D eigenvalue weighted by Gasteiger charge is -2.19. The summed E-state index contributed by atoms with van der Waals surface area (Å²) in [5, 5.41) is 0. The van der Waals surface area contributed by atoms with Crippen LogP contribution < -0.4 is 34.6 Å². The van der Waals surface area contributed by atoms with E-state index in [-0.39, 0.29) is 0 Å². The first kappa shape index (κ1) is 10.7. The maximum absolute atomic E-state index is 10.6. The van der Waals surface area contributed by atoms with Gasteiger partial charge >= 0.3 is 5.97 Å². The largest absolute Gasteiger partial charge is 0.396 e. The van der Waals surface area contributed by atoms with Gasteiger partial charge in [-0.05, 0) is 0 Å². The van der Waals surface area contributed by atoms with E-state index in [0.717, 1.165) is 0 Å². The molecule has 0 amide bonds. The summed E-state index contributed by atoms with van der Waals surface area (Å²) in [6, 6.07) is 0. The average molecular weight is 176 g/mol. The Balaban J connectivity index is 4.82. The fourth-order valence-corrected chi connectivity index (χ4v) is 0.407. The predicted octanol–water partition coefficient (Wildman–Crippen LogP) is -3.94. The van der Waals surface area contributed by atoms with E-state index in [2.05, 4.69) is 10.7 Å². The quantitative estimate of drug-likeness (QED) is 0.140. The maximum atomic E-state index is 10.6. The van der Waals surface area contributed by atoms with E-state index in [1.165, 1.54) is 0 Å². The molecule has 0 aromatic carbocycles. The van der Waals surface area contributed by atoms with E-state index in [1.807, 2.05) is 0 Å². The summed E-state index contributed by atoms with van der Waals surface area (Å²) < 4.78 is 0. The molecule has 0 radical (unpaired) electrons.